The molecule has 0 saturated heterocycles. The van der Waals surface area contributed by atoms with Gasteiger partial charge in [-0.25, -0.2) is 0 Å². The molecule has 0 atom stereocenters. The van der Waals surface area contributed by atoms with E-state index in [-0.39, 0.29) is 0 Å². The lowest BCUT2D eigenvalue weighted by atomic mass is 10.3. The average molecular weight is 129 g/mol. The van der Waals surface area contributed by atoms with Crippen molar-refractivity contribution < 1.29 is 0 Å². The third-order valence-corrected chi connectivity index (χ3v) is 0.986. The highest BCUT2D eigenvalue weighted by atomic mass is 35.5. The van der Waals surface area contributed by atoms with E-state index in [2.05, 4.69) is 5.92 Å². The van der Waals surface area contributed by atoms with Gasteiger partial charge in [0.1, 0.15) is 0 Å². The second kappa shape index (κ2) is 6.59. The molecule has 0 heterocycles. The van der Waals surface area contributed by atoms with Crippen molar-refractivity contribution in [3.8, 4) is 12.3 Å². The second-order valence-corrected chi connectivity index (χ2v) is 1.78. The molecule has 0 aromatic heterocycles. The first kappa shape index (κ1) is 7.59. The van der Waals surface area contributed by atoms with Gasteiger partial charge in [0, 0.05) is 5.88 Å². The zero-order valence-electron chi connectivity index (χ0n) is 4.73. The summed E-state index contributed by atoms with van der Waals surface area (Å²) in [6.07, 6.45) is 10.6. The molecule has 0 aromatic rings. The fourth-order valence-corrected chi connectivity index (χ4v) is 0.501. The number of alkyl halides is 1. The standard InChI is InChI=1S/C7H9Cl/c1-2-3-4-5-6-7-8/h1,3-4H,5-7H2/b4-3+. The highest BCUT2D eigenvalue weighted by Crippen LogP contribution is 1.91. The number of unbranched alkanes of at least 4 members (excludes halogenated alkanes) is 1. The molecule has 8 heavy (non-hydrogen) atoms. The largest absolute Gasteiger partial charge is 0.127 e. The Bertz CT molecular complexity index is 97.4. The van der Waals surface area contributed by atoms with Gasteiger partial charge in [0.2, 0.25) is 0 Å². The summed E-state index contributed by atoms with van der Waals surface area (Å²) < 4.78 is 0. The van der Waals surface area contributed by atoms with Gasteiger partial charge in [0.05, 0.1) is 0 Å². The number of allylic oxidation sites excluding steroid dienone is 2. The van der Waals surface area contributed by atoms with Crippen LogP contribution in [0.5, 0.6) is 0 Å². The summed E-state index contributed by atoms with van der Waals surface area (Å²) in [5.41, 5.74) is 0. The molecule has 0 aromatic carbocycles. The van der Waals surface area contributed by atoms with Crippen LogP contribution in [0, 0.1) is 12.3 Å². The predicted octanol–water partition coefficient (Wildman–Crippen LogP) is 2.19. The molecule has 0 nitrogen and oxygen atoms in total. The first-order valence-electron chi connectivity index (χ1n) is 2.59. The van der Waals surface area contributed by atoms with Crippen LogP contribution in [0.3, 0.4) is 0 Å². The van der Waals surface area contributed by atoms with Gasteiger partial charge >= 0.3 is 0 Å². The van der Waals surface area contributed by atoms with E-state index in [1.807, 2.05) is 6.08 Å². The Balaban J connectivity index is 2.94. The lowest BCUT2D eigenvalue weighted by Gasteiger charge is -1.82. The van der Waals surface area contributed by atoms with Gasteiger partial charge in [-0.05, 0) is 18.9 Å². The van der Waals surface area contributed by atoms with Crippen molar-refractivity contribution in [1.82, 2.24) is 0 Å². The Labute approximate surface area is 55.5 Å². The summed E-state index contributed by atoms with van der Waals surface area (Å²) in [5.74, 6) is 3.12. The van der Waals surface area contributed by atoms with Crippen molar-refractivity contribution in [2.45, 2.75) is 12.8 Å². The Hall–Kier alpha value is -0.410. The second-order valence-electron chi connectivity index (χ2n) is 1.40. The molecule has 0 amide bonds. The molecule has 44 valence electrons. The van der Waals surface area contributed by atoms with Crippen molar-refractivity contribution >= 4 is 11.6 Å². The average Bonchev–Trinajstić information content (AvgIpc) is 1.81. The third kappa shape index (κ3) is 5.59. The van der Waals surface area contributed by atoms with E-state index in [0.717, 1.165) is 18.7 Å². The SMILES string of the molecule is C#C/C=C/CCCCl. The van der Waals surface area contributed by atoms with E-state index in [1.54, 1.807) is 6.08 Å². The summed E-state index contributed by atoms with van der Waals surface area (Å²) >= 11 is 5.39. The highest BCUT2D eigenvalue weighted by Gasteiger charge is 1.75. The minimum atomic E-state index is 0.717. The maximum atomic E-state index is 5.39. The number of hydrogen-bond acceptors (Lipinski definition) is 0. The molecule has 0 fully saturated rings. The molecule has 1 heteroatoms. The zero-order valence-corrected chi connectivity index (χ0v) is 5.49. The Morgan fingerprint density at radius 1 is 1.62 bits per heavy atom. The van der Waals surface area contributed by atoms with E-state index in [1.165, 1.54) is 0 Å². The summed E-state index contributed by atoms with van der Waals surface area (Å²) in [6.45, 7) is 0. The molecular weight excluding hydrogens is 120 g/mol. The maximum absolute atomic E-state index is 5.39. The summed E-state index contributed by atoms with van der Waals surface area (Å²) in [4.78, 5) is 0. The number of rotatable bonds is 3. The fourth-order valence-electron chi connectivity index (χ4n) is 0.346. The molecule has 0 unspecified atom stereocenters. The molecule has 0 aliphatic rings. The van der Waals surface area contributed by atoms with Crippen molar-refractivity contribution in [3.63, 3.8) is 0 Å². The summed E-state index contributed by atoms with van der Waals surface area (Å²) in [5, 5.41) is 0. The minimum Gasteiger partial charge on any atom is -0.127 e. The molecule has 0 N–H and O–H groups in total. The van der Waals surface area contributed by atoms with Crippen molar-refractivity contribution in [2.24, 2.45) is 0 Å². The van der Waals surface area contributed by atoms with Gasteiger partial charge in [-0.15, -0.1) is 18.0 Å². The van der Waals surface area contributed by atoms with Crippen LogP contribution in [0.1, 0.15) is 12.8 Å². The lowest BCUT2D eigenvalue weighted by Crippen LogP contribution is -1.69. The summed E-state index contributed by atoms with van der Waals surface area (Å²) in [6, 6.07) is 0. The van der Waals surface area contributed by atoms with Gasteiger partial charge in [0.15, 0.2) is 0 Å². The van der Waals surface area contributed by atoms with Crippen molar-refractivity contribution in [2.75, 3.05) is 5.88 Å². The smallest absolute Gasteiger partial charge is 0.0226 e. The van der Waals surface area contributed by atoms with Crippen LogP contribution in [0.25, 0.3) is 0 Å². The molecule has 0 rings (SSSR count). The van der Waals surface area contributed by atoms with Crippen LogP contribution >= 0.6 is 11.6 Å². The van der Waals surface area contributed by atoms with Crippen molar-refractivity contribution in [1.29, 1.82) is 0 Å². The molecule has 0 radical (unpaired) electrons. The first-order chi connectivity index (χ1) is 3.91. The topological polar surface area (TPSA) is 0 Å². The quantitative estimate of drug-likeness (QED) is 0.311. The van der Waals surface area contributed by atoms with Gasteiger partial charge in [-0.3, -0.25) is 0 Å². The maximum Gasteiger partial charge on any atom is 0.0226 e. The molecule has 0 aliphatic heterocycles. The monoisotopic (exact) mass is 128 g/mol. The molecule has 0 saturated carbocycles. The van der Waals surface area contributed by atoms with Crippen LogP contribution in [-0.4, -0.2) is 5.88 Å². The lowest BCUT2D eigenvalue weighted by molar-refractivity contribution is 0.967. The van der Waals surface area contributed by atoms with Crippen LogP contribution in [-0.2, 0) is 0 Å². The number of terminal acetylenes is 1. The Morgan fingerprint density at radius 2 is 2.38 bits per heavy atom. The highest BCUT2D eigenvalue weighted by molar-refractivity contribution is 6.17. The van der Waals surface area contributed by atoms with Crippen LogP contribution in [0.2, 0.25) is 0 Å². The van der Waals surface area contributed by atoms with Gasteiger partial charge in [0.25, 0.3) is 0 Å². The molecule has 0 aliphatic carbocycles. The Kier molecular flexibility index (Phi) is 6.25. The third-order valence-electron chi connectivity index (χ3n) is 0.718. The van der Waals surface area contributed by atoms with E-state index >= 15 is 0 Å². The van der Waals surface area contributed by atoms with Gasteiger partial charge in [-0.1, -0.05) is 12.0 Å². The molecular formula is C7H9Cl. The fraction of sp³-hybridized carbons (Fsp3) is 0.429. The van der Waals surface area contributed by atoms with E-state index < -0.39 is 0 Å². The number of hydrogen-bond donors (Lipinski definition) is 0. The van der Waals surface area contributed by atoms with Gasteiger partial charge < -0.3 is 0 Å². The number of halogens is 1. The zero-order chi connectivity index (χ0) is 6.24. The van der Waals surface area contributed by atoms with Crippen molar-refractivity contribution in [3.05, 3.63) is 12.2 Å². The normalized spacial score (nSPS) is 9.50. The van der Waals surface area contributed by atoms with E-state index in [9.17, 15) is 0 Å². The van der Waals surface area contributed by atoms with Crippen LogP contribution < -0.4 is 0 Å². The van der Waals surface area contributed by atoms with Crippen LogP contribution in [0.15, 0.2) is 12.2 Å². The summed E-state index contributed by atoms with van der Waals surface area (Å²) in [7, 11) is 0. The minimum absolute atomic E-state index is 0.717. The van der Waals surface area contributed by atoms with E-state index in [0.29, 0.717) is 0 Å². The Morgan fingerprint density at radius 3 is 2.88 bits per heavy atom. The molecule has 0 spiro atoms. The van der Waals surface area contributed by atoms with Gasteiger partial charge in [-0.2, -0.15) is 0 Å². The first-order valence-corrected chi connectivity index (χ1v) is 3.12. The molecule has 0 bridgehead atoms. The van der Waals surface area contributed by atoms with E-state index in [4.69, 9.17) is 18.0 Å². The predicted molar refractivity (Wildman–Crippen MR) is 37.9 cm³/mol. The van der Waals surface area contributed by atoms with Crippen LogP contribution in [0.4, 0.5) is 0 Å².